The van der Waals surface area contributed by atoms with Crippen molar-refractivity contribution in [2.24, 2.45) is 5.92 Å². The van der Waals surface area contributed by atoms with Gasteiger partial charge in [0.25, 0.3) is 0 Å². The summed E-state index contributed by atoms with van der Waals surface area (Å²) in [6, 6.07) is 8.07. The first-order chi connectivity index (χ1) is 12.0. The molecule has 4 heteroatoms. The molecule has 2 unspecified atom stereocenters. The standard InChI is InChI=1S/C21H31NO3/c1-4-22(5-2)13-14-25-21(24)16(3)18-11-9-17(10-12-18)15-19-7-6-8-20(19)23/h9-12,16,19H,4-8,13-15H2,1-3H3. The van der Waals surface area contributed by atoms with Crippen LogP contribution in [0, 0.1) is 5.92 Å². The molecular weight excluding hydrogens is 314 g/mol. The fourth-order valence-electron chi connectivity index (χ4n) is 3.41. The zero-order valence-electron chi connectivity index (χ0n) is 15.8. The second-order valence-electron chi connectivity index (χ2n) is 6.92. The fraction of sp³-hybridized carbons (Fsp3) is 0.619. The number of ketones is 1. The molecule has 2 atom stereocenters. The summed E-state index contributed by atoms with van der Waals surface area (Å²) in [4.78, 5) is 26.2. The zero-order chi connectivity index (χ0) is 18.2. The molecule has 0 saturated heterocycles. The molecule has 1 aromatic carbocycles. The van der Waals surface area contributed by atoms with Crippen LogP contribution in [0.2, 0.25) is 0 Å². The third kappa shape index (κ3) is 5.67. The van der Waals surface area contributed by atoms with Gasteiger partial charge in [0.05, 0.1) is 5.92 Å². The van der Waals surface area contributed by atoms with Gasteiger partial charge in [0, 0.05) is 18.9 Å². The van der Waals surface area contributed by atoms with Gasteiger partial charge in [0.15, 0.2) is 0 Å². The lowest BCUT2D eigenvalue weighted by Crippen LogP contribution is -2.28. The Labute approximate surface area is 151 Å². The van der Waals surface area contributed by atoms with Gasteiger partial charge in [-0.05, 0) is 50.4 Å². The van der Waals surface area contributed by atoms with E-state index in [1.165, 1.54) is 5.56 Å². The molecule has 0 aliphatic heterocycles. The molecule has 0 aromatic heterocycles. The SMILES string of the molecule is CCN(CC)CCOC(=O)C(C)c1ccc(CC2CCCC2=O)cc1. The third-order valence-corrected chi connectivity index (χ3v) is 5.29. The van der Waals surface area contributed by atoms with Gasteiger partial charge in [-0.2, -0.15) is 0 Å². The van der Waals surface area contributed by atoms with E-state index in [0.29, 0.717) is 12.4 Å². The molecule has 4 nitrogen and oxygen atoms in total. The first-order valence-corrected chi connectivity index (χ1v) is 9.55. The lowest BCUT2D eigenvalue weighted by molar-refractivity contribution is -0.145. The zero-order valence-corrected chi connectivity index (χ0v) is 15.8. The largest absolute Gasteiger partial charge is 0.464 e. The second-order valence-corrected chi connectivity index (χ2v) is 6.92. The minimum atomic E-state index is -0.265. The van der Waals surface area contributed by atoms with Crippen molar-refractivity contribution in [3.63, 3.8) is 0 Å². The molecular formula is C21H31NO3. The lowest BCUT2D eigenvalue weighted by Gasteiger charge is -2.18. The summed E-state index contributed by atoms with van der Waals surface area (Å²) in [6.45, 7) is 9.24. The highest BCUT2D eigenvalue weighted by Gasteiger charge is 2.24. The molecule has 0 spiro atoms. The van der Waals surface area contributed by atoms with E-state index in [4.69, 9.17) is 4.74 Å². The van der Waals surface area contributed by atoms with E-state index in [0.717, 1.165) is 50.9 Å². The average molecular weight is 345 g/mol. The van der Waals surface area contributed by atoms with Crippen LogP contribution in [0.5, 0.6) is 0 Å². The van der Waals surface area contributed by atoms with Crippen molar-refractivity contribution in [2.75, 3.05) is 26.2 Å². The van der Waals surface area contributed by atoms with Crippen molar-refractivity contribution in [1.29, 1.82) is 0 Å². The number of esters is 1. The number of benzene rings is 1. The molecule has 1 aliphatic rings. The average Bonchev–Trinajstić information content (AvgIpc) is 3.03. The second kappa shape index (κ2) is 9.71. The molecule has 1 aromatic rings. The van der Waals surface area contributed by atoms with Gasteiger partial charge in [0.2, 0.25) is 0 Å². The number of carbonyl (C=O) groups excluding carboxylic acids is 2. The van der Waals surface area contributed by atoms with Crippen molar-refractivity contribution in [3.05, 3.63) is 35.4 Å². The van der Waals surface area contributed by atoms with Crippen molar-refractivity contribution >= 4 is 11.8 Å². The minimum absolute atomic E-state index is 0.175. The van der Waals surface area contributed by atoms with Crippen LogP contribution >= 0.6 is 0 Å². The number of likely N-dealkylation sites (N-methyl/N-ethyl adjacent to an activating group) is 1. The highest BCUT2D eigenvalue weighted by atomic mass is 16.5. The van der Waals surface area contributed by atoms with Crippen molar-refractivity contribution in [1.82, 2.24) is 4.90 Å². The Bertz CT molecular complexity index is 563. The number of ether oxygens (including phenoxy) is 1. The highest BCUT2D eigenvalue weighted by molar-refractivity contribution is 5.83. The monoisotopic (exact) mass is 345 g/mol. The molecule has 1 fully saturated rings. The van der Waals surface area contributed by atoms with Gasteiger partial charge in [0.1, 0.15) is 12.4 Å². The predicted molar refractivity (Wildman–Crippen MR) is 99.7 cm³/mol. The van der Waals surface area contributed by atoms with Crippen molar-refractivity contribution < 1.29 is 14.3 Å². The summed E-state index contributed by atoms with van der Waals surface area (Å²) in [5.74, 6) is 0.146. The Morgan fingerprint density at radius 1 is 1.24 bits per heavy atom. The van der Waals surface area contributed by atoms with Crippen LogP contribution in [-0.2, 0) is 20.7 Å². The number of Topliss-reactive ketones (excluding diaryl/α,β-unsaturated/α-hetero) is 1. The quantitative estimate of drug-likeness (QED) is 0.642. The highest BCUT2D eigenvalue weighted by Crippen LogP contribution is 2.26. The molecule has 25 heavy (non-hydrogen) atoms. The Hall–Kier alpha value is -1.68. The first-order valence-electron chi connectivity index (χ1n) is 9.55. The molecule has 0 radical (unpaired) electrons. The molecule has 1 aliphatic carbocycles. The Morgan fingerprint density at radius 2 is 1.92 bits per heavy atom. The Kier molecular flexibility index (Phi) is 7.63. The number of carbonyl (C=O) groups is 2. The van der Waals surface area contributed by atoms with E-state index < -0.39 is 0 Å². The van der Waals surface area contributed by atoms with Crippen molar-refractivity contribution in [2.45, 2.75) is 52.4 Å². The van der Waals surface area contributed by atoms with Gasteiger partial charge in [-0.1, -0.05) is 38.1 Å². The van der Waals surface area contributed by atoms with Crippen LogP contribution in [-0.4, -0.2) is 42.9 Å². The molecule has 2 rings (SSSR count). The smallest absolute Gasteiger partial charge is 0.313 e. The van der Waals surface area contributed by atoms with E-state index in [1.54, 1.807) is 0 Å². The van der Waals surface area contributed by atoms with Crippen LogP contribution in [0.3, 0.4) is 0 Å². The van der Waals surface area contributed by atoms with E-state index in [2.05, 4.69) is 18.7 Å². The molecule has 0 heterocycles. The molecule has 138 valence electrons. The molecule has 1 saturated carbocycles. The number of hydrogen-bond donors (Lipinski definition) is 0. The van der Waals surface area contributed by atoms with Crippen LogP contribution in [0.1, 0.15) is 57.1 Å². The lowest BCUT2D eigenvalue weighted by atomic mass is 9.94. The Morgan fingerprint density at radius 3 is 2.48 bits per heavy atom. The van der Waals surface area contributed by atoms with E-state index in [9.17, 15) is 9.59 Å². The maximum Gasteiger partial charge on any atom is 0.313 e. The van der Waals surface area contributed by atoms with Crippen LogP contribution in [0.4, 0.5) is 0 Å². The topological polar surface area (TPSA) is 46.6 Å². The van der Waals surface area contributed by atoms with Crippen LogP contribution < -0.4 is 0 Å². The summed E-state index contributed by atoms with van der Waals surface area (Å²) < 4.78 is 5.42. The molecule has 0 N–H and O–H groups in total. The molecule has 0 amide bonds. The van der Waals surface area contributed by atoms with Crippen molar-refractivity contribution in [3.8, 4) is 0 Å². The van der Waals surface area contributed by atoms with E-state index >= 15 is 0 Å². The summed E-state index contributed by atoms with van der Waals surface area (Å²) >= 11 is 0. The molecule has 0 bridgehead atoms. The van der Waals surface area contributed by atoms with E-state index in [-0.39, 0.29) is 17.8 Å². The fourth-order valence-corrected chi connectivity index (χ4v) is 3.41. The number of rotatable bonds is 9. The van der Waals surface area contributed by atoms with Gasteiger partial charge in [-0.15, -0.1) is 0 Å². The predicted octanol–water partition coefficient (Wildman–Crippen LogP) is 3.59. The van der Waals surface area contributed by atoms with E-state index in [1.807, 2.05) is 31.2 Å². The number of nitrogens with zero attached hydrogens (tertiary/aromatic N) is 1. The van der Waals surface area contributed by atoms with Gasteiger partial charge >= 0.3 is 5.97 Å². The van der Waals surface area contributed by atoms with Gasteiger partial charge < -0.3 is 9.64 Å². The minimum Gasteiger partial charge on any atom is -0.464 e. The van der Waals surface area contributed by atoms with Gasteiger partial charge in [-0.3, -0.25) is 9.59 Å². The number of hydrogen-bond acceptors (Lipinski definition) is 4. The van der Waals surface area contributed by atoms with Gasteiger partial charge in [-0.25, -0.2) is 0 Å². The summed E-state index contributed by atoms with van der Waals surface area (Å²) in [7, 11) is 0. The maximum absolute atomic E-state index is 12.2. The summed E-state index contributed by atoms with van der Waals surface area (Å²) in [6.07, 6.45) is 3.59. The third-order valence-electron chi connectivity index (χ3n) is 5.29. The maximum atomic E-state index is 12.2. The Balaban J connectivity index is 1.83. The first kappa shape index (κ1) is 19.6. The summed E-state index contributed by atoms with van der Waals surface area (Å²) in [5.41, 5.74) is 2.14. The normalized spacial score (nSPS) is 18.6. The summed E-state index contributed by atoms with van der Waals surface area (Å²) in [5, 5.41) is 0. The van der Waals surface area contributed by atoms with Crippen LogP contribution in [0.25, 0.3) is 0 Å². The van der Waals surface area contributed by atoms with Crippen LogP contribution in [0.15, 0.2) is 24.3 Å².